The van der Waals surface area contributed by atoms with Gasteiger partial charge in [-0.2, -0.15) is 5.10 Å². The first-order chi connectivity index (χ1) is 11.6. The van der Waals surface area contributed by atoms with Crippen LogP contribution >= 0.6 is 11.3 Å². The van der Waals surface area contributed by atoms with Crippen molar-refractivity contribution in [3.63, 3.8) is 0 Å². The van der Waals surface area contributed by atoms with Gasteiger partial charge in [0.1, 0.15) is 10.7 Å². The summed E-state index contributed by atoms with van der Waals surface area (Å²) in [7, 11) is 4.07. The van der Waals surface area contributed by atoms with Crippen LogP contribution in [-0.2, 0) is 7.05 Å². The van der Waals surface area contributed by atoms with Crippen molar-refractivity contribution in [2.75, 3.05) is 20.1 Å². The molecule has 2 aliphatic rings. The van der Waals surface area contributed by atoms with E-state index in [-0.39, 0.29) is 5.91 Å². The second-order valence-corrected chi connectivity index (χ2v) is 7.70. The fourth-order valence-corrected chi connectivity index (χ4v) is 4.82. The molecule has 7 heteroatoms. The van der Waals surface area contributed by atoms with E-state index >= 15 is 0 Å². The van der Waals surface area contributed by atoms with Crippen LogP contribution in [0.2, 0.25) is 0 Å². The van der Waals surface area contributed by atoms with Crippen molar-refractivity contribution in [3.8, 4) is 10.6 Å². The molecule has 6 nitrogen and oxygen atoms in total. The summed E-state index contributed by atoms with van der Waals surface area (Å²) in [5.41, 5.74) is 1.54. The number of carbonyl (C=O) groups is 1. The van der Waals surface area contributed by atoms with Gasteiger partial charge in [-0.25, -0.2) is 4.98 Å². The SMILES string of the molecule is CN1CCC[C@@H]1[C@H]1CCCN1C(=O)c1csc(-c2cnn(C)c2)n1. The summed E-state index contributed by atoms with van der Waals surface area (Å²) < 4.78 is 1.75. The lowest BCUT2D eigenvalue weighted by molar-refractivity contribution is 0.0659. The number of likely N-dealkylation sites (N-methyl/N-ethyl adjacent to an activating group) is 1. The summed E-state index contributed by atoms with van der Waals surface area (Å²) in [6, 6.07) is 0.849. The van der Waals surface area contributed by atoms with Crippen LogP contribution in [0.15, 0.2) is 17.8 Å². The number of aromatic nitrogens is 3. The van der Waals surface area contributed by atoms with E-state index in [2.05, 4.69) is 26.9 Å². The number of carbonyl (C=O) groups excluding carboxylic acids is 1. The van der Waals surface area contributed by atoms with Gasteiger partial charge in [0.05, 0.1) is 6.20 Å². The molecule has 0 aromatic carbocycles. The summed E-state index contributed by atoms with van der Waals surface area (Å²) in [6.07, 6.45) is 8.36. The molecule has 0 saturated carbocycles. The molecule has 2 fully saturated rings. The Morgan fingerprint density at radius 2 is 2.00 bits per heavy atom. The molecule has 2 aromatic heterocycles. The Morgan fingerprint density at radius 1 is 1.21 bits per heavy atom. The lowest BCUT2D eigenvalue weighted by Crippen LogP contribution is -2.47. The lowest BCUT2D eigenvalue weighted by Gasteiger charge is -2.32. The first-order valence-electron chi connectivity index (χ1n) is 8.59. The third-order valence-corrected chi connectivity index (χ3v) is 6.15. The van der Waals surface area contributed by atoms with E-state index in [0.717, 1.165) is 36.5 Å². The molecule has 2 atom stereocenters. The monoisotopic (exact) mass is 345 g/mol. The van der Waals surface area contributed by atoms with E-state index in [9.17, 15) is 4.79 Å². The highest BCUT2D eigenvalue weighted by Gasteiger charge is 2.39. The quantitative estimate of drug-likeness (QED) is 0.856. The van der Waals surface area contributed by atoms with Crippen LogP contribution in [-0.4, -0.2) is 62.7 Å². The van der Waals surface area contributed by atoms with Crippen LogP contribution in [0.1, 0.15) is 36.2 Å². The van der Waals surface area contributed by atoms with Crippen LogP contribution in [0.5, 0.6) is 0 Å². The van der Waals surface area contributed by atoms with Crippen molar-refractivity contribution in [3.05, 3.63) is 23.5 Å². The van der Waals surface area contributed by atoms with Gasteiger partial charge < -0.3 is 9.80 Å². The molecule has 4 heterocycles. The van der Waals surface area contributed by atoms with E-state index in [1.54, 1.807) is 10.9 Å². The molecule has 0 radical (unpaired) electrons. The maximum atomic E-state index is 13.0. The van der Waals surface area contributed by atoms with Crippen LogP contribution < -0.4 is 0 Å². The molecule has 0 bridgehead atoms. The number of thiazole rings is 1. The van der Waals surface area contributed by atoms with Gasteiger partial charge in [0.2, 0.25) is 0 Å². The predicted molar refractivity (Wildman–Crippen MR) is 94.0 cm³/mol. The Kier molecular flexibility index (Phi) is 4.14. The molecule has 0 unspecified atom stereocenters. The lowest BCUT2D eigenvalue weighted by atomic mass is 10.0. The summed E-state index contributed by atoms with van der Waals surface area (Å²) in [5.74, 6) is 0.0872. The number of rotatable bonds is 3. The molecular weight excluding hydrogens is 322 g/mol. The van der Waals surface area contributed by atoms with Crippen LogP contribution in [0.3, 0.4) is 0 Å². The highest BCUT2D eigenvalue weighted by Crippen LogP contribution is 2.31. The summed E-state index contributed by atoms with van der Waals surface area (Å²) in [5, 5.41) is 6.93. The minimum Gasteiger partial charge on any atom is -0.333 e. The second kappa shape index (κ2) is 6.29. The number of hydrogen-bond acceptors (Lipinski definition) is 5. The minimum atomic E-state index is 0.0872. The third-order valence-electron chi connectivity index (χ3n) is 5.26. The van der Waals surface area contributed by atoms with Crippen molar-refractivity contribution >= 4 is 17.2 Å². The Labute approximate surface area is 146 Å². The van der Waals surface area contributed by atoms with Gasteiger partial charge in [-0.05, 0) is 39.3 Å². The third kappa shape index (κ3) is 2.75. The molecule has 128 valence electrons. The van der Waals surface area contributed by atoms with E-state index in [1.165, 1.54) is 24.2 Å². The molecule has 2 aromatic rings. The summed E-state index contributed by atoms with van der Waals surface area (Å²) in [6.45, 7) is 2.00. The topological polar surface area (TPSA) is 54.3 Å². The number of aryl methyl sites for hydroxylation is 1. The Hall–Kier alpha value is -1.73. The zero-order chi connectivity index (χ0) is 16.7. The van der Waals surface area contributed by atoms with Crippen molar-refractivity contribution in [1.82, 2.24) is 24.6 Å². The molecule has 24 heavy (non-hydrogen) atoms. The molecule has 2 aliphatic heterocycles. The van der Waals surface area contributed by atoms with Crippen LogP contribution in [0, 0.1) is 0 Å². The largest absolute Gasteiger partial charge is 0.333 e. The molecule has 2 saturated heterocycles. The highest BCUT2D eigenvalue weighted by molar-refractivity contribution is 7.13. The first-order valence-corrected chi connectivity index (χ1v) is 9.47. The summed E-state index contributed by atoms with van der Waals surface area (Å²) >= 11 is 1.51. The second-order valence-electron chi connectivity index (χ2n) is 6.84. The van der Waals surface area contributed by atoms with Gasteiger partial charge in [0.15, 0.2) is 0 Å². The zero-order valence-corrected chi connectivity index (χ0v) is 15.0. The Morgan fingerprint density at radius 3 is 2.71 bits per heavy atom. The van der Waals surface area contributed by atoms with Crippen molar-refractivity contribution in [1.29, 1.82) is 0 Å². The molecule has 0 aliphatic carbocycles. The fourth-order valence-electron chi connectivity index (χ4n) is 4.05. The van der Waals surface area contributed by atoms with Gasteiger partial charge in [0.25, 0.3) is 5.91 Å². The van der Waals surface area contributed by atoms with Gasteiger partial charge >= 0.3 is 0 Å². The Bertz CT molecular complexity index is 739. The molecule has 4 rings (SSSR count). The fraction of sp³-hybridized carbons (Fsp3) is 0.588. The molecule has 1 amide bonds. The van der Waals surface area contributed by atoms with Crippen LogP contribution in [0.25, 0.3) is 10.6 Å². The molecule has 0 spiro atoms. The molecule has 0 N–H and O–H groups in total. The number of hydrogen-bond donors (Lipinski definition) is 0. The van der Waals surface area contributed by atoms with Crippen LogP contribution in [0.4, 0.5) is 0 Å². The smallest absolute Gasteiger partial charge is 0.273 e. The average Bonchev–Trinajstić information content (AvgIpc) is 3.33. The van der Waals surface area contributed by atoms with E-state index in [1.807, 2.05) is 18.6 Å². The van der Waals surface area contributed by atoms with Gasteiger partial charge in [-0.1, -0.05) is 0 Å². The highest BCUT2D eigenvalue weighted by atomic mass is 32.1. The number of amides is 1. The van der Waals surface area contributed by atoms with Crippen molar-refractivity contribution in [2.45, 2.75) is 37.8 Å². The van der Waals surface area contributed by atoms with Gasteiger partial charge in [0, 0.05) is 42.8 Å². The minimum absolute atomic E-state index is 0.0872. The number of likely N-dealkylation sites (tertiary alicyclic amines) is 2. The zero-order valence-electron chi connectivity index (χ0n) is 14.2. The van der Waals surface area contributed by atoms with Crippen molar-refractivity contribution in [2.24, 2.45) is 7.05 Å². The predicted octanol–water partition coefficient (Wildman–Crippen LogP) is 2.24. The van der Waals surface area contributed by atoms with Gasteiger partial charge in [-0.3, -0.25) is 9.48 Å². The molecular formula is C17H23N5OS. The van der Waals surface area contributed by atoms with E-state index in [4.69, 9.17) is 0 Å². The Balaban J connectivity index is 1.54. The maximum absolute atomic E-state index is 13.0. The summed E-state index contributed by atoms with van der Waals surface area (Å²) in [4.78, 5) is 22.1. The maximum Gasteiger partial charge on any atom is 0.273 e. The van der Waals surface area contributed by atoms with E-state index < -0.39 is 0 Å². The normalized spacial score (nSPS) is 24.8. The average molecular weight is 345 g/mol. The van der Waals surface area contributed by atoms with Gasteiger partial charge in [-0.15, -0.1) is 11.3 Å². The van der Waals surface area contributed by atoms with Crippen molar-refractivity contribution < 1.29 is 4.79 Å². The first kappa shape index (κ1) is 15.8. The van der Waals surface area contributed by atoms with E-state index in [0.29, 0.717) is 17.8 Å². The number of nitrogens with zero attached hydrogens (tertiary/aromatic N) is 5. The standard InChI is InChI=1S/C17H23N5OS/c1-20-7-3-5-14(20)15-6-4-8-22(15)17(23)13-11-24-16(19-13)12-9-18-21(2)10-12/h9-11,14-15H,3-8H2,1-2H3/t14-,15-/m1/s1.